The Labute approximate surface area is 94.8 Å². The van der Waals surface area contributed by atoms with Crippen LogP contribution in [0.5, 0.6) is 0 Å². The molecule has 3 atom stereocenters. The highest BCUT2D eigenvalue weighted by Crippen LogP contribution is 2.51. The van der Waals surface area contributed by atoms with Crippen LogP contribution in [-0.2, 0) is 0 Å². The second-order valence-electron chi connectivity index (χ2n) is 6.10. The molecule has 0 aliphatic heterocycles. The Balaban J connectivity index is 1.74. The molecule has 0 N–H and O–H groups in total. The molecule has 85 valence electrons. The molecule has 3 saturated carbocycles. The summed E-state index contributed by atoms with van der Waals surface area (Å²) in [5.41, 5.74) is 0. The Morgan fingerprint density at radius 2 is 1.53 bits per heavy atom. The van der Waals surface area contributed by atoms with Crippen molar-refractivity contribution < 1.29 is 0 Å². The van der Waals surface area contributed by atoms with Crippen molar-refractivity contribution in [2.24, 2.45) is 17.8 Å². The lowest BCUT2D eigenvalue weighted by Gasteiger charge is -2.45. The topological polar surface area (TPSA) is 0 Å². The summed E-state index contributed by atoms with van der Waals surface area (Å²) in [6, 6.07) is 0. The molecule has 0 bridgehead atoms. The van der Waals surface area contributed by atoms with Crippen LogP contribution < -0.4 is 0 Å². The van der Waals surface area contributed by atoms with Crippen molar-refractivity contribution in [1.82, 2.24) is 0 Å². The summed E-state index contributed by atoms with van der Waals surface area (Å²) in [6.45, 7) is 0. The van der Waals surface area contributed by atoms with Crippen LogP contribution in [0.3, 0.4) is 0 Å². The first kappa shape index (κ1) is 10.2. The molecule has 0 heteroatoms. The van der Waals surface area contributed by atoms with E-state index >= 15 is 0 Å². The van der Waals surface area contributed by atoms with Crippen molar-refractivity contribution >= 4 is 0 Å². The molecule has 0 aromatic rings. The van der Waals surface area contributed by atoms with Crippen LogP contribution in [0.25, 0.3) is 0 Å². The zero-order chi connectivity index (χ0) is 10.1. The molecule has 0 amide bonds. The average molecular weight is 205 g/mol. The van der Waals surface area contributed by atoms with Crippen LogP contribution in [0.2, 0.25) is 0 Å². The van der Waals surface area contributed by atoms with Crippen molar-refractivity contribution in [3.05, 3.63) is 5.92 Å². The van der Waals surface area contributed by atoms with Crippen molar-refractivity contribution in [2.45, 2.75) is 70.6 Å². The highest BCUT2D eigenvalue weighted by atomic mass is 14.4. The molecular formula is C15H25. The third-order valence-electron chi connectivity index (χ3n) is 5.31. The lowest BCUT2D eigenvalue weighted by Crippen LogP contribution is -2.34. The van der Waals surface area contributed by atoms with E-state index in [2.05, 4.69) is 0 Å². The van der Waals surface area contributed by atoms with E-state index in [1.807, 2.05) is 5.92 Å². The average Bonchev–Trinajstić information content (AvgIpc) is 2.54. The first-order valence-electron chi connectivity index (χ1n) is 7.31. The summed E-state index contributed by atoms with van der Waals surface area (Å²) in [5, 5.41) is 0. The van der Waals surface area contributed by atoms with Crippen LogP contribution in [0, 0.1) is 23.7 Å². The third-order valence-corrected chi connectivity index (χ3v) is 5.31. The van der Waals surface area contributed by atoms with Gasteiger partial charge in [-0.1, -0.05) is 38.5 Å². The molecule has 3 unspecified atom stereocenters. The maximum atomic E-state index is 2.04. The van der Waals surface area contributed by atoms with Crippen LogP contribution in [0.15, 0.2) is 0 Å². The summed E-state index contributed by atoms with van der Waals surface area (Å²) in [4.78, 5) is 0. The minimum absolute atomic E-state index is 1.06. The number of hydrogen-bond donors (Lipinski definition) is 0. The predicted octanol–water partition coefficient (Wildman–Crippen LogP) is 4.74. The van der Waals surface area contributed by atoms with E-state index in [4.69, 9.17) is 0 Å². The van der Waals surface area contributed by atoms with Gasteiger partial charge in [0.15, 0.2) is 0 Å². The summed E-state index contributed by atoms with van der Waals surface area (Å²) in [6.07, 6.45) is 16.9. The normalized spacial score (nSPS) is 42.8. The van der Waals surface area contributed by atoms with Crippen LogP contribution >= 0.6 is 0 Å². The second-order valence-corrected chi connectivity index (χ2v) is 6.10. The molecule has 3 rings (SSSR count). The SMILES string of the molecule is C1CC[C]2C(CC1)CCC1CCCCC21. The van der Waals surface area contributed by atoms with E-state index in [-0.39, 0.29) is 0 Å². The van der Waals surface area contributed by atoms with E-state index in [9.17, 15) is 0 Å². The van der Waals surface area contributed by atoms with Gasteiger partial charge in [-0.05, 0) is 55.8 Å². The molecule has 0 nitrogen and oxygen atoms in total. The minimum atomic E-state index is 1.06. The minimum Gasteiger partial charge on any atom is -0.0533 e. The lowest BCUT2D eigenvalue weighted by atomic mass is 9.60. The zero-order valence-electron chi connectivity index (χ0n) is 10.0. The Bertz CT molecular complexity index is 208. The van der Waals surface area contributed by atoms with Gasteiger partial charge in [0.1, 0.15) is 0 Å². The van der Waals surface area contributed by atoms with Crippen molar-refractivity contribution in [2.75, 3.05) is 0 Å². The molecule has 3 aliphatic rings. The number of fused-ring (bicyclic) bond motifs is 3. The number of hydrogen-bond acceptors (Lipinski definition) is 0. The van der Waals surface area contributed by atoms with Gasteiger partial charge < -0.3 is 0 Å². The van der Waals surface area contributed by atoms with Crippen molar-refractivity contribution in [3.63, 3.8) is 0 Å². The molecule has 0 saturated heterocycles. The summed E-state index contributed by atoms with van der Waals surface area (Å²) >= 11 is 0. The van der Waals surface area contributed by atoms with Crippen LogP contribution in [0.4, 0.5) is 0 Å². The lowest BCUT2D eigenvalue weighted by molar-refractivity contribution is 0.149. The highest BCUT2D eigenvalue weighted by molar-refractivity contribution is 5.08. The maximum absolute atomic E-state index is 2.04. The molecule has 1 radical (unpaired) electrons. The van der Waals surface area contributed by atoms with Gasteiger partial charge in [0, 0.05) is 0 Å². The van der Waals surface area contributed by atoms with Gasteiger partial charge in [-0.2, -0.15) is 0 Å². The molecule has 15 heavy (non-hydrogen) atoms. The van der Waals surface area contributed by atoms with E-state index in [0.29, 0.717) is 0 Å². The van der Waals surface area contributed by atoms with E-state index in [1.54, 1.807) is 32.1 Å². The largest absolute Gasteiger partial charge is 0.0533 e. The van der Waals surface area contributed by atoms with Gasteiger partial charge >= 0.3 is 0 Å². The van der Waals surface area contributed by atoms with Gasteiger partial charge in [0.2, 0.25) is 0 Å². The Kier molecular flexibility index (Phi) is 3.03. The highest BCUT2D eigenvalue weighted by Gasteiger charge is 2.40. The van der Waals surface area contributed by atoms with Crippen LogP contribution in [-0.4, -0.2) is 0 Å². The Morgan fingerprint density at radius 3 is 2.53 bits per heavy atom. The predicted molar refractivity (Wildman–Crippen MR) is 64.5 cm³/mol. The van der Waals surface area contributed by atoms with Gasteiger partial charge in [0.05, 0.1) is 0 Å². The maximum Gasteiger partial charge on any atom is -0.0176 e. The molecule has 3 aliphatic carbocycles. The van der Waals surface area contributed by atoms with E-state index in [0.717, 1.165) is 17.8 Å². The van der Waals surface area contributed by atoms with Crippen molar-refractivity contribution in [1.29, 1.82) is 0 Å². The fourth-order valence-corrected chi connectivity index (χ4v) is 4.56. The number of rotatable bonds is 0. The molecule has 3 fully saturated rings. The standard InChI is InChI=1S/C15H25/c1-2-6-12-10-11-13-7-4-5-9-15(13)14(12)8-3-1/h12-13,15H,1-11H2. The summed E-state index contributed by atoms with van der Waals surface area (Å²) < 4.78 is 0. The molecule has 0 aromatic carbocycles. The molecule has 0 heterocycles. The summed E-state index contributed by atoms with van der Waals surface area (Å²) in [5.74, 6) is 5.30. The summed E-state index contributed by atoms with van der Waals surface area (Å²) in [7, 11) is 0. The van der Waals surface area contributed by atoms with Crippen molar-refractivity contribution in [3.8, 4) is 0 Å². The Hall–Kier alpha value is 0. The van der Waals surface area contributed by atoms with Gasteiger partial charge in [-0.3, -0.25) is 0 Å². The van der Waals surface area contributed by atoms with Gasteiger partial charge in [-0.15, -0.1) is 0 Å². The van der Waals surface area contributed by atoms with E-state index < -0.39 is 0 Å². The zero-order valence-corrected chi connectivity index (χ0v) is 10.0. The molecular weight excluding hydrogens is 180 g/mol. The first-order chi connectivity index (χ1) is 7.45. The fraction of sp³-hybridized carbons (Fsp3) is 0.933. The molecule has 0 aromatic heterocycles. The van der Waals surface area contributed by atoms with Gasteiger partial charge in [-0.25, -0.2) is 0 Å². The monoisotopic (exact) mass is 205 g/mol. The quantitative estimate of drug-likeness (QED) is 0.536. The van der Waals surface area contributed by atoms with E-state index in [1.165, 1.54) is 38.5 Å². The second kappa shape index (κ2) is 4.47. The first-order valence-corrected chi connectivity index (χ1v) is 7.31. The molecule has 0 spiro atoms. The fourth-order valence-electron chi connectivity index (χ4n) is 4.56. The smallest absolute Gasteiger partial charge is 0.0176 e. The van der Waals surface area contributed by atoms with Gasteiger partial charge in [0.25, 0.3) is 0 Å². The third kappa shape index (κ3) is 1.97. The van der Waals surface area contributed by atoms with Crippen LogP contribution in [0.1, 0.15) is 70.6 Å². The Morgan fingerprint density at radius 1 is 0.667 bits per heavy atom.